The lowest BCUT2D eigenvalue weighted by Gasteiger charge is -2.36. The van der Waals surface area contributed by atoms with Crippen molar-refractivity contribution in [2.24, 2.45) is 5.92 Å². The van der Waals surface area contributed by atoms with E-state index in [2.05, 4.69) is 29.2 Å². The third-order valence-corrected chi connectivity index (χ3v) is 5.28. The number of hydrogen-bond acceptors (Lipinski definition) is 5. The van der Waals surface area contributed by atoms with Crippen molar-refractivity contribution in [3.05, 3.63) is 11.1 Å². The maximum Gasteiger partial charge on any atom is 0.306 e. The molecule has 1 aromatic rings. The van der Waals surface area contributed by atoms with Gasteiger partial charge in [-0.3, -0.25) is 4.79 Å². The van der Waals surface area contributed by atoms with Crippen LogP contribution in [-0.2, 0) is 16.0 Å². The largest absolute Gasteiger partial charge is 0.466 e. The van der Waals surface area contributed by atoms with Crippen molar-refractivity contribution < 1.29 is 9.53 Å². The Morgan fingerprint density at radius 1 is 1.48 bits per heavy atom. The SMILES string of the molecule is CCOC(=O)CCc1csc(N(C)C2CCCCC2C)n1. The maximum absolute atomic E-state index is 11.4. The molecule has 1 aliphatic rings. The van der Waals surface area contributed by atoms with Gasteiger partial charge in [0.25, 0.3) is 0 Å². The van der Waals surface area contributed by atoms with Crippen molar-refractivity contribution in [3.63, 3.8) is 0 Å². The fourth-order valence-electron chi connectivity index (χ4n) is 3.05. The Morgan fingerprint density at radius 3 is 2.95 bits per heavy atom. The lowest BCUT2D eigenvalue weighted by molar-refractivity contribution is -0.143. The summed E-state index contributed by atoms with van der Waals surface area (Å²) in [5.41, 5.74) is 0.998. The predicted molar refractivity (Wildman–Crippen MR) is 86.9 cm³/mol. The van der Waals surface area contributed by atoms with E-state index in [-0.39, 0.29) is 5.97 Å². The molecule has 0 spiro atoms. The fraction of sp³-hybridized carbons (Fsp3) is 0.750. The van der Waals surface area contributed by atoms with E-state index < -0.39 is 0 Å². The number of carbonyl (C=O) groups excluding carboxylic acids is 1. The van der Waals surface area contributed by atoms with Gasteiger partial charge in [0.1, 0.15) is 0 Å². The lowest BCUT2D eigenvalue weighted by atomic mass is 9.85. The number of aromatic nitrogens is 1. The van der Waals surface area contributed by atoms with E-state index in [9.17, 15) is 4.79 Å². The van der Waals surface area contributed by atoms with E-state index >= 15 is 0 Å². The first-order valence-electron chi connectivity index (χ1n) is 7.94. The van der Waals surface area contributed by atoms with Gasteiger partial charge < -0.3 is 9.64 Å². The zero-order valence-corrected chi connectivity index (χ0v) is 14.1. The lowest BCUT2D eigenvalue weighted by Crippen LogP contribution is -2.38. The average molecular weight is 310 g/mol. The number of carbonyl (C=O) groups is 1. The quantitative estimate of drug-likeness (QED) is 0.752. The summed E-state index contributed by atoms with van der Waals surface area (Å²) in [5.74, 6) is 0.594. The Balaban J connectivity index is 1.91. The van der Waals surface area contributed by atoms with Gasteiger partial charge in [0, 0.05) is 24.9 Å². The van der Waals surface area contributed by atoms with Crippen LogP contribution in [0.5, 0.6) is 0 Å². The summed E-state index contributed by atoms with van der Waals surface area (Å²) in [5, 5.41) is 3.14. The molecular formula is C16H26N2O2S. The number of ether oxygens (including phenoxy) is 1. The third-order valence-electron chi connectivity index (χ3n) is 4.30. The van der Waals surface area contributed by atoms with Crippen LogP contribution in [0.3, 0.4) is 0 Å². The molecule has 1 aliphatic carbocycles. The standard InChI is InChI=1S/C16H26N2O2S/c1-4-20-15(19)10-9-13-11-21-16(17-13)18(3)14-8-6-5-7-12(14)2/h11-12,14H,4-10H2,1-3H3. The molecule has 0 saturated heterocycles. The molecule has 1 aromatic heterocycles. The van der Waals surface area contributed by atoms with Crippen molar-refractivity contribution in [1.29, 1.82) is 0 Å². The van der Waals surface area contributed by atoms with Gasteiger partial charge in [-0.1, -0.05) is 19.8 Å². The van der Waals surface area contributed by atoms with Gasteiger partial charge in [0.05, 0.1) is 18.7 Å². The monoisotopic (exact) mass is 310 g/mol. The molecule has 0 aliphatic heterocycles. The fourth-order valence-corrected chi connectivity index (χ4v) is 3.93. The highest BCUT2D eigenvalue weighted by molar-refractivity contribution is 7.13. The van der Waals surface area contributed by atoms with Crippen LogP contribution in [0.1, 0.15) is 51.6 Å². The van der Waals surface area contributed by atoms with Crippen LogP contribution in [0.2, 0.25) is 0 Å². The van der Waals surface area contributed by atoms with Gasteiger partial charge in [-0.2, -0.15) is 0 Å². The Kier molecular flexibility index (Phi) is 6.03. The summed E-state index contributed by atoms with van der Waals surface area (Å²) in [6.45, 7) is 4.62. The number of aryl methyl sites for hydroxylation is 1. The minimum Gasteiger partial charge on any atom is -0.466 e. The number of thiazole rings is 1. The van der Waals surface area contributed by atoms with Gasteiger partial charge in [-0.15, -0.1) is 11.3 Å². The van der Waals surface area contributed by atoms with Gasteiger partial charge >= 0.3 is 5.97 Å². The second-order valence-electron chi connectivity index (χ2n) is 5.87. The number of hydrogen-bond donors (Lipinski definition) is 0. The molecule has 0 aromatic carbocycles. The topological polar surface area (TPSA) is 42.4 Å². The zero-order valence-electron chi connectivity index (χ0n) is 13.3. The van der Waals surface area contributed by atoms with Gasteiger partial charge in [-0.25, -0.2) is 4.98 Å². The van der Waals surface area contributed by atoms with Crippen molar-refractivity contribution in [3.8, 4) is 0 Å². The molecular weight excluding hydrogens is 284 g/mol. The molecule has 21 heavy (non-hydrogen) atoms. The molecule has 0 bridgehead atoms. The highest BCUT2D eigenvalue weighted by Gasteiger charge is 2.26. The predicted octanol–water partition coefficient (Wildman–Crippen LogP) is 3.65. The molecule has 1 heterocycles. The van der Waals surface area contributed by atoms with Crippen molar-refractivity contribution >= 4 is 22.4 Å². The minimum absolute atomic E-state index is 0.138. The summed E-state index contributed by atoms with van der Waals surface area (Å²) in [7, 11) is 2.15. The molecule has 2 rings (SSSR count). The van der Waals surface area contributed by atoms with E-state index in [1.54, 1.807) is 11.3 Å². The normalized spacial score (nSPS) is 22.0. The smallest absolute Gasteiger partial charge is 0.306 e. The second kappa shape index (κ2) is 7.78. The van der Waals surface area contributed by atoms with Crippen LogP contribution in [0.15, 0.2) is 5.38 Å². The Hall–Kier alpha value is -1.10. The number of esters is 1. The van der Waals surface area contributed by atoms with Gasteiger partial charge in [0.2, 0.25) is 0 Å². The van der Waals surface area contributed by atoms with E-state index in [1.165, 1.54) is 25.7 Å². The Morgan fingerprint density at radius 2 is 2.24 bits per heavy atom. The van der Waals surface area contributed by atoms with E-state index in [4.69, 9.17) is 4.74 Å². The highest BCUT2D eigenvalue weighted by atomic mass is 32.1. The molecule has 118 valence electrons. The highest BCUT2D eigenvalue weighted by Crippen LogP contribution is 2.32. The van der Waals surface area contributed by atoms with Gasteiger partial charge in [0.15, 0.2) is 5.13 Å². The molecule has 0 N–H and O–H groups in total. The molecule has 5 heteroatoms. The molecule has 4 nitrogen and oxygen atoms in total. The van der Waals surface area contributed by atoms with Crippen molar-refractivity contribution in [2.45, 2.75) is 58.4 Å². The van der Waals surface area contributed by atoms with Crippen LogP contribution in [0.25, 0.3) is 0 Å². The maximum atomic E-state index is 11.4. The number of anilines is 1. The summed E-state index contributed by atoms with van der Waals surface area (Å²) in [4.78, 5) is 18.4. The van der Waals surface area contributed by atoms with Crippen LogP contribution < -0.4 is 4.90 Å². The molecule has 1 saturated carbocycles. The van der Waals surface area contributed by atoms with Crippen molar-refractivity contribution in [1.82, 2.24) is 4.98 Å². The van der Waals surface area contributed by atoms with Crippen LogP contribution in [-0.4, -0.2) is 30.6 Å². The molecule has 0 amide bonds. The average Bonchev–Trinajstić information content (AvgIpc) is 2.94. The number of nitrogens with zero attached hydrogens (tertiary/aromatic N) is 2. The summed E-state index contributed by atoms with van der Waals surface area (Å²) < 4.78 is 4.95. The summed E-state index contributed by atoms with van der Waals surface area (Å²) in [6, 6.07) is 0.600. The summed E-state index contributed by atoms with van der Waals surface area (Å²) in [6.07, 6.45) is 6.34. The zero-order chi connectivity index (χ0) is 15.2. The van der Waals surface area contributed by atoms with Crippen LogP contribution in [0.4, 0.5) is 5.13 Å². The summed E-state index contributed by atoms with van der Waals surface area (Å²) >= 11 is 1.68. The van der Waals surface area contributed by atoms with E-state index in [0.717, 1.165) is 16.7 Å². The first-order chi connectivity index (χ1) is 10.1. The third kappa shape index (κ3) is 4.43. The molecule has 1 fully saturated rings. The van der Waals surface area contributed by atoms with Crippen LogP contribution >= 0.6 is 11.3 Å². The Labute approximate surface area is 131 Å². The Bertz CT molecular complexity index is 461. The van der Waals surface area contributed by atoms with E-state index in [1.807, 2.05) is 6.92 Å². The first-order valence-corrected chi connectivity index (χ1v) is 8.82. The molecule has 2 atom stereocenters. The van der Waals surface area contributed by atoms with Crippen LogP contribution in [0, 0.1) is 5.92 Å². The first kappa shape index (κ1) is 16.3. The molecule has 0 radical (unpaired) electrons. The van der Waals surface area contributed by atoms with Gasteiger partial charge in [-0.05, 0) is 25.7 Å². The van der Waals surface area contributed by atoms with Crippen molar-refractivity contribution in [2.75, 3.05) is 18.6 Å². The second-order valence-corrected chi connectivity index (χ2v) is 6.70. The van der Waals surface area contributed by atoms with E-state index in [0.29, 0.717) is 25.5 Å². The minimum atomic E-state index is -0.138. The molecule has 2 unspecified atom stereocenters. The number of rotatable bonds is 6.